The number of hydrogen-bond donors (Lipinski definition) is 2. The molecule has 5 heteroatoms. The fourth-order valence-corrected chi connectivity index (χ4v) is 4.34. The van der Waals surface area contributed by atoms with Crippen LogP contribution in [0.5, 0.6) is 0 Å². The Labute approximate surface area is 173 Å². The van der Waals surface area contributed by atoms with Crippen molar-refractivity contribution in [3.63, 3.8) is 0 Å². The zero-order chi connectivity index (χ0) is 21.0. The average molecular weight is 396 g/mol. The van der Waals surface area contributed by atoms with E-state index in [9.17, 15) is 9.59 Å². The SMILES string of the molecule is CCN(CC1CCCC1)c1ccc(C)c(C(=O)NCc2c(C)cc(C)[nH]c2=O)c1. The number of benzene rings is 1. The van der Waals surface area contributed by atoms with E-state index in [1.807, 2.05) is 39.0 Å². The van der Waals surface area contributed by atoms with Crippen LogP contribution in [0, 0.1) is 26.7 Å². The standard InChI is InChI=1S/C24H33N3O2/c1-5-27(15-19-8-6-7-9-19)20-11-10-16(2)21(13-20)23(28)25-14-22-17(3)12-18(4)26-24(22)29/h10-13,19H,5-9,14-15H2,1-4H3,(H,25,28)(H,26,29). The predicted octanol–water partition coefficient (Wildman–Crippen LogP) is 4.25. The first-order valence-corrected chi connectivity index (χ1v) is 10.7. The fraction of sp³-hybridized carbons (Fsp3) is 0.500. The molecule has 2 aromatic rings. The Kier molecular flexibility index (Phi) is 6.78. The number of pyridine rings is 1. The number of hydrogen-bond acceptors (Lipinski definition) is 3. The molecular formula is C24H33N3O2. The molecule has 1 fully saturated rings. The van der Waals surface area contributed by atoms with E-state index in [-0.39, 0.29) is 18.0 Å². The van der Waals surface area contributed by atoms with Gasteiger partial charge in [-0.15, -0.1) is 0 Å². The molecule has 29 heavy (non-hydrogen) atoms. The lowest BCUT2D eigenvalue weighted by Gasteiger charge is -2.27. The number of nitrogens with one attached hydrogen (secondary N) is 2. The Morgan fingerprint density at radius 1 is 1.14 bits per heavy atom. The summed E-state index contributed by atoms with van der Waals surface area (Å²) in [5.41, 5.74) is 4.90. The number of anilines is 1. The third kappa shape index (κ3) is 5.08. The molecule has 1 saturated carbocycles. The molecule has 1 aromatic carbocycles. The second-order valence-electron chi connectivity index (χ2n) is 8.31. The normalized spacial score (nSPS) is 14.2. The summed E-state index contributed by atoms with van der Waals surface area (Å²) in [6.07, 6.45) is 5.28. The Hall–Kier alpha value is -2.56. The van der Waals surface area contributed by atoms with Crippen LogP contribution in [-0.4, -0.2) is 24.0 Å². The topological polar surface area (TPSA) is 65.2 Å². The molecule has 0 bridgehead atoms. The second-order valence-corrected chi connectivity index (χ2v) is 8.31. The summed E-state index contributed by atoms with van der Waals surface area (Å²) in [5.74, 6) is 0.616. The smallest absolute Gasteiger partial charge is 0.253 e. The van der Waals surface area contributed by atoms with Gasteiger partial charge < -0.3 is 15.2 Å². The Bertz CT molecular complexity index is 926. The number of carbonyl (C=O) groups is 1. The van der Waals surface area contributed by atoms with Crippen LogP contribution in [0.15, 0.2) is 29.1 Å². The quantitative estimate of drug-likeness (QED) is 0.737. The van der Waals surface area contributed by atoms with Crippen molar-refractivity contribution in [2.75, 3.05) is 18.0 Å². The van der Waals surface area contributed by atoms with Crippen molar-refractivity contribution in [1.29, 1.82) is 0 Å². The highest BCUT2D eigenvalue weighted by atomic mass is 16.1. The predicted molar refractivity (Wildman–Crippen MR) is 119 cm³/mol. The van der Waals surface area contributed by atoms with E-state index >= 15 is 0 Å². The van der Waals surface area contributed by atoms with E-state index in [1.165, 1.54) is 25.7 Å². The number of aryl methyl sites for hydroxylation is 3. The van der Waals surface area contributed by atoms with E-state index in [1.54, 1.807) is 0 Å². The van der Waals surface area contributed by atoms with Crippen LogP contribution in [0.2, 0.25) is 0 Å². The number of H-pyrrole nitrogens is 1. The van der Waals surface area contributed by atoms with Gasteiger partial charge in [0.1, 0.15) is 0 Å². The first kappa shape index (κ1) is 21.2. The van der Waals surface area contributed by atoms with Gasteiger partial charge in [-0.25, -0.2) is 0 Å². The molecule has 5 nitrogen and oxygen atoms in total. The first-order chi connectivity index (χ1) is 13.9. The maximum absolute atomic E-state index is 12.9. The largest absolute Gasteiger partial charge is 0.372 e. The molecule has 0 atom stereocenters. The zero-order valence-electron chi connectivity index (χ0n) is 18.1. The van der Waals surface area contributed by atoms with Gasteiger partial charge in [0.25, 0.3) is 11.5 Å². The van der Waals surface area contributed by atoms with Gasteiger partial charge in [-0.05, 0) is 75.8 Å². The molecular weight excluding hydrogens is 362 g/mol. The summed E-state index contributed by atoms with van der Waals surface area (Å²) < 4.78 is 0. The summed E-state index contributed by atoms with van der Waals surface area (Å²) in [6, 6.07) is 8.05. The van der Waals surface area contributed by atoms with E-state index in [4.69, 9.17) is 0 Å². The van der Waals surface area contributed by atoms with Gasteiger partial charge in [-0.1, -0.05) is 18.9 Å². The van der Waals surface area contributed by atoms with E-state index in [2.05, 4.69) is 28.2 Å². The van der Waals surface area contributed by atoms with Crippen LogP contribution in [0.1, 0.15) is 65.3 Å². The van der Waals surface area contributed by atoms with Crippen LogP contribution in [0.4, 0.5) is 5.69 Å². The van der Waals surface area contributed by atoms with Crippen molar-refractivity contribution in [3.05, 3.63) is 62.6 Å². The molecule has 156 valence electrons. The maximum atomic E-state index is 12.9. The summed E-state index contributed by atoms with van der Waals surface area (Å²) in [5, 5.41) is 2.94. The highest BCUT2D eigenvalue weighted by molar-refractivity contribution is 5.96. The molecule has 1 aromatic heterocycles. The van der Waals surface area contributed by atoms with Crippen molar-refractivity contribution >= 4 is 11.6 Å². The number of aromatic nitrogens is 1. The third-order valence-electron chi connectivity index (χ3n) is 6.09. The van der Waals surface area contributed by atoms with Gasteiger partial charge in [0.2, 0.25) is 0 Å². The van der Waals surface area contributed by atoms with Gasteiger partial charge in [0, 0.05) is 42.1 Å². The molecule has 0 saturated heterocycles. The molecule has 1 aliphatic rings. The van der Waals surface area contributed by atoms with Crippen LogP contribution in [0.25, 0.3) is 0 Å². The number of rotatable bonds is 7. The molecule has 3 rings (SSSR count). The van der Waals surface area contributed by atoms with Crippen LogP contribution < -0.4 is 15.8 Å². The molecule has 2 N–H and O–H groups in total. The van der Waals surface area contributed by atoms with Gasteiger partial charge >= 0.3 is 0 Å². The highest BCUT2D eigenvalue weighted by Gasteiger charge is 2.19. The molecule has 0 spiro atoms. The zero-order valence-corrected chi connectivity index (χ0v) is 18.1. The van der Waals surface area contributed by atoms with Gasteiger partial charge in [-0.2, -0.15) is 0 Å². The highest BCUT2D eigenvalue weighted by Crippen LogP contribution is 2.28. The fourth-order valence-electron chi connectivity index (χ4n) is 4.34. The second kappa shape index (κ2) is 9.29. The molecule has 0 aliphatic heterocycles. The Balaban J connectivity index is 1.75. The third-order valence-corrected chi connectivity index (χ3v) is 6.09. The van der Waals surface area contributed by atoms with Crippen molar-refractivity contribution in [2.45, 2.75) is 59.9 Å². The molecule has 0 radical (unpaired) electrons. The average Bonchev–Trinajstić information content (AvgIpc) is 3.19. The number of aromatic amines is 1. The van der Waals surface area contributed by atoms with Crippen LogP contribution in [0.3, 0.4) is 0 Å². The Morgan fingerprint density at radius 2 is 1.86 bits per heavy atom. The number of carbonyl (C=O) groups excluding carboxylic acids is 1. The summed E-state index contributed by atoms with van der Waals surface area (Å²) in [4.78, 5) is 30.3. The van der Waals surface area contributed by atoms with Crippen LogP contribution in [-0.2, 0) is 6.54 Å². The lowest BCUT2D eigenvalue weighted by atomic mass is 10.0. The van der Waals surface area contributed by atoms with Gasteiger partial charge in [-0.3, -0.25) is 9.59 Å². The van der Waals surface area contributed by atoms with Crippen molar-refractivity contribution < 1.29 is 4.79 Å². The molecule has 0 unspecified atom stereocenters. The number of nitrogens with zero attached hydrogens (tertiary/aromatic N) is 1. The minimum atomic E-state index is -0.138. The van der Waals surface area contributed by atoms with Crippen LogP contribution >= 0.6 is 0 Å². The monoisotopic (exact) mass is 395 g/mol. The first-order valence-electron chi connectivity index (χ1n) is 10.7. The van der Waals surface area contributed by atoms with Crippen molar-refractivity contribution in [1.82, 2.24) is 10.3 Å². The molecule has 1 amide bonds. The molecule has 1 heterocycles. The van der Waals surface area contributed by atoms with E-state index < -0.39 is 0 Å². The minimum absolute atomic E-state index is 0.137. The maximum Gasteiger partial charge on any atom is 0.253 e. The van der Waals surface area contributed by atoms with Gasteiger partial charge in [0.05, 0.1) is 0 Å². The Morgan fingerprint density at radius 3 is 2.52 bits per heavy atom. The number of amides is 1. The lowest BCUT2D eigenvalue weighted by Crippen LogP contribution is -2.30. The minimum Gasteiger partial charge on any atom is -0.372 e. The van der Waals surface area contributed by atoms with E-state index in [0.717, 1.165) is 41.5 Å². The summed E-state index contributed by atoms with van der Waals surface area (Å²) >= 11 is 0. The molecule has 1 aliphatic carbocycles. The van der Waals surface area contributed by atoms with Crippen molar-refractivity contribution in [3.8, 4) is 0 Å². The van der Waals surface area contributed by atoms with Gasteiger partial charge in [0.15, 0.2) is 0 Å². The lowest BCUT2D eigenvalue weighted by molar-refractivity contribution is 0.0950. The summed E-state index contributed by atoms with van der Waals surface area (Å²) in [7, 11) is 0. The summed E-state index contributed by atoms with van der Waals surface area (Å²) in [6.45, 7) is 10.1. The van der Waals surface area contributed by atoms with E-state index in [0.29, 0.717) is 11.1 Å². The van der Waals surface area contributed by atoms with Crippen molar-refractivity contribution in [2.24, 2.45) is 5.92 Å².